The first-order valence-electron chi connectivity index (χ1n) is 5.05. The summed E-state index contributed by atoms with van der Waals surface area (Å²) in [4.78, 5) is 2.19. The number of halogens is 1. The molecule has 0 bridgehead atoms. The molecule has 84 valence electrons. The van der Waals surface area contributed by atoms with E-state index in [0.717, 1.165) is 14.9 Å². The lowest BCUT2D eigenvalue weighted by molar-refractivity contribution is 0.106. The molecule has 1 heterocycles. The van der Waals surface area contributed by atoms with E-state index in [9.17, 15) is 5.11 Å². The first kappa shape index (κ1) is 11.8. The van der Waals surface area contributed by atoms with Crippen LogP contribution in [0, 0.1) is 6.92 Å². The molecule has 1 aromatic carbocycles. The number of aryl methyl sites for hydroxylation is 1. The zero-order valence-corrected chi connectivity index (χ0v) is 11.6. The van der Waals surface area contributed by atoms with Crippen molar-refractivity contribution in [1.82, 2.24) is 0 Å². The van der Waals surface area contributed by atoms with Crippen molar-refractivity contribution >= 4 is 27.3 Å². The lowest BCUT2D eigenvalue weighted by atomic mass is 9.94. The highest BCUT2D eigenvalue weighted by atomic mass is 79.9. The monoisotopic (exact) mass is 296 g/mol. The van der Waals surface area contributed by atoms with E-state index in [2.05, 4.69) is 15.9 Å². The van der Waals surface area contributed by atoms with Gasteiger partial charge in [-0.1, -0.05) is 28.1 Å². The van der Waals surface area contributed by atoms with Gasteiger partial charge < -0.3 is 5.11 Å². The first-order valence-corrected chi connectivity index (χ1v) is 6.66. The lowest BCUT2D eigenvalue weighted by Crippen LogP contribution is -2.21. The van der Waals surface area contributed by atoms with Gasteiger partial charge in [0.15, 0.2) is 0 Å². The molecular formula is C13H13BrOS. The average molecular weight is 297 g/mol. The van der Waals surface area contributed by atoms with Crippen molar-refractivity contribution in [3.8, 4) is 0 Å². The molecular weight excluding hydrogens is 284 g/mol. The summed E-state index contributed by atoms with van der Waals surface area (Å²) >= 11 is 5.03. The van der Waals surface area contributed by atoms with Crippen molar-refractivity contribution in [2.24, 2.45) is 0 Å². The number of rotatable bonds is 2. The Kier molecular flexibility index (Phi) is 3.19. The molecule has 2 rings (SSSR count). The van der Waals surface area contributed by atoms with Gasteiger partial charge in [-0.25, -0.2) is 0 Å². The van der Waals surface area contributed by atoms with Crippen LogP contribution in [0.15, 0.2) is 40.9 Å². The van der Waals surface area contributed by atoms with E-state index >= 15 is 0 Å². The van der Waals surface area contributed by atoms with Gasteiger partial charge in [0.25, 0.3) is 0 Å². The van der Waals surface area contributed by atoms with Gasteiger partial charge in [0.1, 0.15) is 5.60 Å². The molecule has 0 saturated heterocycles. The second kappa shape index (κ2) is 4.32. The van der Waals surface area contributed by atoms with E-state index in [1.54, 1.807) is 11.3 Å². The third-order valence-electron chi connectivity index (χ3n) is 2.63. The fourth-order valence-electron chi connectivity index (χ4n) is 1.61. The molecule has 1 unspecified atom stereocenters. The van der Waals surface area contributed by atoms with E-state index in [0.29, 0.717) is 0 Å². The second-order valence-corrected chi connectivity index (χ2v) is 6.19. The molecule has 3 heteroatoms. The number of hydrogen-bond donors (Lipinski definition) is 1. The Hall–Kier alpha value is -0.640. The lowest BCUT2D eigenvalue weighted by Gasteiger charge is -2.22. The molecule has 16 heavy (non-hydrogen) atoms. The largest absolute Gasteiger partial charge is 0.380 e. The average Bonchev–Trinajstić information content (AvgIpc) is 2.66. The van der Waals surface area contributed by atoms with Gasteiger partial charge in [0.2, 0.25) is 0 Å². The van der Waals surface area contributed by atoms with Gasteiger partial charge >= 0.3 is 0 Å². The fraction of sp³-hybridized carbons (Fsp3) is 0.231. The summed E-state index contributed by atoms with van der Waals surface area (Å²) in [6.45, 7) is 3.88. The van der Waals surface area contributed by atoms with E-state index in [-0.39, 0.29) is 0 Å². The van der Waals surface area contributed by atoms with Crippen LogP contribution in [0.2, 0.25) is 0 Å². The van der Waals surface area contributed by atoms with E-state index in [4.69, 9.17) is 0 Å². The van der Waals surface area contributed by atoms with Gasteiger partial charge in [-0.3, -0.25) is 0 Å². The SMILES string of the molecule is Cc1ccc(C(C)(O)c2ccc(Br)cc2)s1. The summed E-state index contributed by atoms with van der Waals surface area (Å²) in [7, 11) is 0. The van der Waals surface area contributed by atoms with Crippen LogP contribution in [0.5, 0.6) is 0 Å². The second-order valence-electron chi connectivity index (χ2n) is 3.99. The topological polar surface area (TPSA) is 20.2 Å². The fourth-order valence-corrected chi connectivity index (χ4v) is 2.81. The Labute approximate surface area is 108 Å². The highest BCUT2D eigenvalue weighted by Gasteiger charge is 2.26. The van der Waals surface area contributed by atoms with E-state index < -0.39 is 5.60 Å². The normalized spacial score (nSPS) is 14.8. The quantitative estimate of drug-likeness (QED) is 0.885. The van der Waals surface area contributed by atoms with Crippen molar-refractivity contribution in [2.45, 2.75) is 19.4 Å². The Morgan fingerprint density at radius 2 is 1.75 bits per heavy atom. The molecule has 1 atom stereocenters. The van der Waals surface area contributed by atoms with Crippen LogP contribution < -0.4 is 0 Å². The minimum atomic E-state index is -0.903. The van der Waals surface area contributed by atoms with Crippen LogP contribution >= 0.6 is 27.3 Å². The first-order chi connectivity index (χ1) is 7.50. The van der Waals surface area contributed by atoms with Crippen molar-refractivity contribution in [3.05, 3.63) is 56.2 Å². The minimum Gasteiger partial charge on any atom is -0.380 e. The van der Waals surface area contributed by atoms with Gasteiger partial charge in [-0.2, -0.15) is 0 Å². The summed E-state index contributed by atoms with van der Waals surface area (Å²) in [6.07, 6.45) is 0. The molecule has 0 fully saturated rings. The van der Waals surface area contributed by atoms with Crippen LogP contribution in [0.1, 0.15) is 22.2 Å². The minimum absolute atomic E-state index is 0.903. The maximum atomic E-state index is 10.6. The Balaban J connectivity index is 2.42. The number of hydrogen-bond acceptors (Lipinski definition) is 2. The molecule has 0 radical (unpaired) electrons. The molecule has 1 nitrogen and oxygen atoms in total. The van der Waals surface area contributed by atoms with Gasteiger partial charge in [0, 0.05) is 14.2 Å². The molecule has 0 spiro atoms. The van der Waals surface area contributed by atoms with Crippen LogP contribution in [0.4, 0.5) is 0 Å². The number of thiophene rings is 1. The van der Waals surface area contributed by atoms with Crippen LogP contribution in [0.3, 0.4) is 0 Å². The number of benzene rings is 1. The summed E-state index contributed by atoms with van der Waals surface area (Å²) in [6, 6.07) is 11.8. The zero-order valence-electron chi connectivity index (χ0n) is 9.20. The predicted octanol–water partition coefficient (Wildman–Crippen LogP) is 4.07. The third-order valence-corrected chi connectivity index (χ3v) is 4.37. The van der Waals surface area contributed by atoms with Crippen LogP contribution in [0.25, 0.3) is 0 Å². The molecule has 0 amide bonds. The van der Waals surface area contributed by atoms with Gasteiger partial charge in [0.05, 0.1) is 0 Å². The van der Waals surface area contributed by atoms with Crippen molar-refractivity contribution in [3.63, 3.8) is 0 Å². The molecule has 0 aliphatic carbocycles. The molecule has 2 aromatic rings. The predicted molar refractivity (Wildman–Crippen MR) is 71.9 cm³/mol. The van der Waals surface area contributed by atoms with Crippen molar-refractivity contribution in [2.75, 3.05) is 0 Å². The summed E-state index contributed by atoms with van der Waals surface area (Å²) < 4.78 is 1.02. The summed E-state index contributed by atoms with van der Waals surface area (Å²) in [5.41, 5.74) is 0.0113. The Morgan fingerprint density at radius 1 is 1.12 bits per heavy atom. The maximum Gasteiger partial charge on any atom is 0.121 e. The van der Waals surface area contributed by atoms with Crippen LogP contribution in [-0.4, -0.2) is 5.11 Å². The van der Waals surface area contributed by atoms with Crippen LogP contribution in [-0.2, 0) is 5.60 Å². The molecule has 0 aliphatic rings. The van der Waals surface area contributed by atoms with Gasteiger partial charge in [-0.15, -0.1) is 11.3 Å². The van der Waals surface area contributed by atoms with Crippen molar-refractivity contribution in [1.29, 1.82) is 0 Å². The van der Waals surface area contributed by atoms with E-state index in [1.807, 2.05) is 50.2 Å². The Bertz CT molecular complexity index is 485. The smallest absolute Gasteiger partial charge is 0.121 e. The molecule has 0 saturated carbocycles. The highest BCUT2D eigenvalue weighted by Crippen LogP contribution is 2.34. The van der Waals surface area contributed by atoms with Crippen molar-refractivity contribution < 1.29 is 5.11 Å². The molecule has 0 aliphatic heterocycles. The molecule has 1 N–H and O–H groups in total. The van der Waals surface area contributed by atoms with E-state index in [1.165, 1.54) is 4.88 Å². The molecule has 1 aromatic heterocycles. The maximum absolute atomic E-state index is 10.6. The summed E-state index contributed by atoms with van der Waals surface area (Å²) in [5, 5.41) is 10.6. The zero-order chi connectivity index (χ0) is 11.8. The van der Waals surface area contributed by atoms with Gasteiger partial charge in [-0.05, 0) is 43.7 Å². The Morgan fingerprint density at radius 3 is 2.25 bits per heavy atom. The number of aliphatic hydroxyl groups is 1. The standard InChI is InChI=1S/C13H13BrOS/c1-9-3-8-12(16-9)13(2,15)10-4-6-11(14)7-5-10/h3-8,15H,1-2H3. The third kappa shape index (κ3) is 2.21. The highest BCUT2D eigenvalue weighted by molar-refractivity contribution is 9.10. The summed E-state index contributed by atoms with van der Waals surface area (Å²) in [5.74, 6) is 0.